The number of amides is 1. The standard InChI is InChI=1S/C18H19NOS/c1-13-7-5-8-15(14(13)2)18(20)19-11-6-12-21-17-10-4-3-9-16(17)19/h3-5,7-10H,6,11-12H2,1-2H3. The largest absolute Gasteiger partial charge is 0.307 e. The van der Waals surface area contributed by atoms with Gasteiger partial charge in [-0.1, -0.05) is 24.3 Å². The van der Waals surface area contributed by atoms with Crippen LogP contribution >= 0.6 is 11.8 Å². The Bertz CT molecular complexity index is 681. The molecule has 0 radical (unpaired) electrons. The van der Waals surface area contributed by atoms with Crippen LogP contribution in [0.25, 0.3) is 0 Å². The van der Waals surface area contributed by atoms with Crippen molar-refractivity contribution < 1.29 is 4.79 Å². The number of nitrogens with zero attached hydrogens (tertiary/aromatic N) is 1. The summed E-state index contributed by atoms with van der Waals surface area (Å²) >= 11 is 1.84. The first-order valence-electron chi connectivity index (χ1n) is 7.28. The highest BCUT2D eigenvalue weighted by Crippen LogP contribution is 2.34. The van der Waals surface area contributed by atoms with Gasteiger partial charge in [0, 0.05) is 17.0 Å². The van der Waals surface area contributed by atoms with Crippen LogP contribution in [0.1, 0.15) is 27.9 Å². The number of rotatable bonds is 1. The summed E-state index contributed by atoms with van der Waals surface area (Å²) < 4.78 is 0. The molecule has 21 heavy (non-hydrogen) atoms. The van der Waals surface area contributed by atoms with Gasteiger partial charge >= 0.3 is 0 Å². The molecule has 3 heteroatoms. The quantitative estimate of drug-likeness (QED) is 0.775. The first kappa shape index (κ1) is 14.2. The molecule has 2 nitrogen and oxygen atoms in total. The van der Waals surface area contributed by atoms with Gasteiger partial charge in [-0.05, 0) is 55.3 Å². The maximum absolute atomic E-state index is 13.0. The van der Waals surface area contributed by atoms with Crippen LogP contribution in [0.4, 0.5) is 5.69 Å². The van der Waals surface area contributed by atoms with E-state index >= 15 is 0 Å². The van der Waals surface area contributed by atoms with E-state index in [-0.39, 0.29) is 5.91 Å². The summed E-state index contributed by atoms with van der Waals surface area (Å²) in [6.07, 6.45) is 1.02. The van der Waals surface area contributed by atoms with E-state index in [1.165, 1.54) is 10.5 Å². The van der Waals surface area contributed by atoms with E-state index in [0.717, 1.165) is 35.5 Å². The molecule has 1 amide bonds. The van der Waals surface area contributed by atoms with Gasteiger partial charge in [0.05, 0.1) is 5.69 Å². The van der Waals surface area contributed by atoms with Gasteiger partial charge in [-0.25, -0.2) is 0 Å². The van der Waals surface area contributed by atoms with Crippen LogP contribution in [0.15, 0.2) is 47.4 Å². The second kappa shape index (κ2) is 5.94. The molecule has 1 heterocycles. The number of fused-ring (bicyclic) bond motifs is 1. The molecule has 0 unspecified atom stereocenters. The van der Waals surface area contributed by atoms with Crippen LogP contribution < -0.4 is 4.90 Å². The number of carbonyl (C=O) groups excluding carboxylic acids is 1. The molecular weight excluding hydrogens is 278 g/mol. The van der Waals surface area contributed by atoms with E-state index in [0.29, 0.717) is 0 Å². The number of thioether (sulfide) groups is 1. The van der Waals surface area contributed by atoms with Gasteiger partial charge in [-0.15, -0.1) is 11.8 Å². The molecular formula is C18H19NOS. The van der Waals surface area contributed by atoms with Gasteiger partial charge in [-0.3, -0.25) is 4.79 Å². The molecule has 108 valence electrons. The maximum atomic E-state index is 13.0. The van der Waals surface area contributed by atoms with Crippen molar-refractivity contribution in [2.75, 3.05) is 17.2 Å². The number of hydrogen-bond acceptors (Lipinski definition) is 2. The third-order valence-corrected chi connectivity index (χ3v) is 5.17. The first-order chi connectivity index (χ1) is 10.2. The second-order valence-electron chi connectivity index (χ2n) is 5.37. The Morgan fingerprint density at radius 1 is 1.10 bits per heavy atom. The molecule has 0 saturated heterocycles. The zero-order valence-electron chi connectivity index (χ0n) is 12.4. The van der Waals surface area contributed by atoms with E-state index in [1.54, 1.807) is 0 Å². The molecule has 0 aliphatic carbocycles. The average molecular weight is 297 g/mol. The molecule has 0 N–H and O–H groups in total. The molecule has 0 fully saturated rings. The molecule has 0 aromatic heterocycles. The van der Waals surface area contributed by atoms with Gasteiger partial charge in [0.2, 0.25) is 0 Å². The zero-order valence-corrected chi connectivity index (χ0v) is 13.2. The predicted octanol–water partition coefficient (Wildman–Crippen LogP) is 4.45. The monoisotopic (exact) mass is 297 g/mol. The van der Waals surface area contributed by atoms with E-state index in [4.69, 9.17) is 0 Å². The maximum Gasteiger partial charge on any atom is 0.258 e. The molecule has 2 aromatic carbocycles. The summed E-state index contributed by atoms with van der Waals surface area (Å²) in [5, 5.41) is 0. The van der Waals surface area contributed by atoms with Crippen LogP contribution in [0, 0.1) is 13.8 Å². The van der Waals surface area contributed by atoms with Gasteiger partial charge in [-0.2, -0.15) is 0 Å². The third kappa shape index (κ3) is 2.70. The Balaban J connectivity index is 2.03. The Hall–Kier alpha value is -1.74. The van der Waals surface area contributed by atoms with Gasteiger partial charge < -0.3 is 4.90 Å². The smallest absolute Gasteiger partial charge is 0.258 e. The van der Waals surface area contributed by atoms with Crippen molar-refractivity contribution in [2.24, 2.45) is 0 Å². The molecule has 0 bridgehead atoms. The second-order valence-corrected chi connectivity index (χ2v) is 6.51. The number of benzene rings is 2. The van der Waals surface area contributed by atoms with Crippen molar-refractivity contribution >= 4 is 23.4 Å². The minimum absolute atomic E-state index is 0.117. The highest BCUT2D eigenvalue weighted by Gasteiger charge is 2.23. The minimum atomic E-state index is 0.117. The fraction of sp³-hybridized carbons (Fsp3) is 0.278. The predicted molar refractivity (Wildman–Crippen MR) is 89.4 cm³/mol. The highest BCUT2D eigenvalue weighted by atomic mass is 32.2. The lowest BCUT2D eigenvalue weighted by Crippen LogP contribution is -2.32. The Kier molecular flexibility index (Phi) is 4.02. The molecule has 0 atom stereocenters. The number of anilines is 1. The normalized spacial score (nSPS) is 14.5. The van der Waals surface area contributed by atoms with Crippen molar-refractivity contribution in [2.45, 2.75) is 25.2 Å². The van der Waals surface area contributed by atoms with Crippen LogP contribution in [-0.4, -0.2) is 18.2 Å². The third-order valence-electron chi connectivity index (χ3n) is 4.02. The van der Waals surface area contributed by atoms with Gasteiger partial charge in [0.15, 0.2) is 0 Å². The Labute approximate surface area is 130 Å². The van der Waals surface area contributed by atoms with Crippen molar-refractivity contribution in [3.05, 3.63) is 59.2 Å². The molecule has 3 rings (SSSR count). The summed E-state index contributed by atoms with van der Waals surface area (Å²) in [6, 6.07) is 14.2. The van der Waals surface area contributed by atoms with E-state index < -0.39 is 0 Å². The fourth-order valence-electron chi connectivity index (χ4n) is 2.67. The van der Waals surface area contributed by atoms with E-state index in [2.05, 4.69) is 25.1 Å². The lowest BCUT2D eigenvalue weighted by molar-refractivity contribution is 0.0986. The highest BCUT2D eigenvalue weighted by molar-refractivity contribution is 7.99. The molecule has 0 saturated carbocycles. The molecule has 2 aromatic rings. The van der Waals surface area contributed by atoms with Gasteiger partial charge in [0.1, 0.15) is 0 Å². The SMILES string of the molecule is Cc1cccc(C(=O)N2CCCSc3ccccc32)c1C. The summed E-state index contributed by atoms with van der Waals surface area (Å²) in [7, 11) is 0. The summed E-state index contributed by atoms with van der Waals surface area (Å²) in [5.74, 6) is 1.18. The van der Waals surface area contributed by atoms with Crippen LogP contribution in [0.3, 0.4) is 0 Å². The number of para-hydroxylation sites is 1. The lowest BCUT2D eigenvalue weighted by Gasteiger charge is -2.23. The summed E-state index contributed by atoms with van der Waals surface area (Å²) in [4.78, 5) is 16.1. The number of carbonyl (C=O) groups is 1. The van der Waals surface area contributed by atoms with Gasteiger partial charge in [0.25, 0.3) is 5.91 Å². The fourth-order valence-corrected chi connectivity index (χ4v) is 3.66. The zero-order chi connectivity index (χ0) is 14.8. The van der Waals surface area contributed by atoms with Crippen molar-refractivity contribution in [1.29, 1.82) is 0 Å². The Morgan fingerprint density at radius 3 is 2.76 bits per heavy atom. The van der Waals surface area contributed by atoms with Crippen molar-refractivity contribution in [3.8, 4) is 0 Å². The minimum Gasteiger partial charge on any atom is -0.307 e. The van der Waals surface area contributed by atoms with Crippen molar-refractivity contribution in [3.63, 3.8) is 0 Å². The van der Waals surface area contributed by atoms with Crippen LogP contribution in [-0.2, 0) is 0 Å². The van der Waals surface area contributed by atoms with E-state index in [1.807, 2.05) is 47.9 Å². The molecule has 0 spiro atoms. The summed E-state index contributed by atoms with van der Waals surface area (Å²) in [5.41, 5.74) is 4.11. The molecule has 1 aliphatic rings. The number of hydrogen-bond donors (Lipinski definition) is 0. The Morgan fingerprint density at radius 2 is 1.90 bits per heavy atom. The molecule has 1 aliphatic heterocycles. The van der Waals surface area contributed by atoms with Crippen molar-refractivity contribution in [1.82, 2.24) is 0 Å². The average Bonchev–Trinajstić information content (AvgIpc) is 2.72. The lowest BCUT2D eigenvalue weighted by atomic mass is 10.0. The first-order valence-corrected chi connectivity index (χ1v) is 8.27. The topological polar surface area (TPSA) is 20.3 Å². The number of aryl methyl sites for hydroxylation is 1. The summed E-state index contributed by atoms with van der Waals surface area (Å²) in [6.45, 7) is 4.87. The van der Waals surface area contributed by atoms with Crippen LogP contribution in [0.5, 0.6) is 0 Å². The van der Waals surface area contributed by atoms with Crippen LogP contribution in [0.2, 0.25) is 0 Å². The van der Waals surface area contributed by atoms with E-state index in [9.17, 15) is 4.79 Å².